The monoisotopic (exact) mass is 393 g/mol. The van der Waals surface area contributed by atoms with Crippen molar-refractivity contribution in [2.45, 2.75) is 25.0 Å². The van der Waals surface area contributed by atoms with E-state index in [1.165, 1.54) is 13.1 Å². The average molecular weight is 393 g/mol. The highest BCUT2D eigenvalue weighted by Gasteiger charge is 2.34. The molecule has 2 amide bonds. The molecule has 2 unspecified atom stereocenters. The number of rotatable bonds is 4. The fourth-order valence-corrected chi connectivity index (χ4v) is 2.77. The van der Waals surface area contributed by atoms with Crippen LogP contribution in [0, 0.1) is 15.3 Å². The number of carbonyl (C=O) groups is 1. The summed E-state index contributed by atoms with van der Waals surface area (Å²) >= 11 is 1.92. The first kappa shape index (κ1) is 15.5. The van der Waals surface area contributed by atoms with Crippen molar-refractivity contribution in [1.82, 2.24) is 5.32 Å². The Balaban J connectivity index is 2.22. The fraction of sp³-hybridized carbons (Fsp3) is 0.462. The van der Waals surface area contributed by atoms with Crippen molar-refractivity contribution in [2.75, 3.05) is 12.4 Å². The van der Waals surface area contributed by atoms with Gasteiger partial charge in [-0.2, -0.15) is 0 Å². The molecule has 20 heavy (non-hydrogen) atoms. The van der Waals surface area contributed by atoms with Gasteiger partial charge in [0.2, 0.25) is 0 Å². The summed E-state index contributed by atoms with van der Waals surface area (Å²) in [6, 6.07) is 2.00. The van der Waals surface area contributed by atoms with Gasteiger partial charge in [0.25, 0.3) is 0 Å². The van der Waals surface area contributed by atoms with Crippen LogP contribution in [0.2, 0.25) is 0 Å². The van der Waals surface area contributed by atoms with E-state index in [-0.39, 0.29) is 11.7 Å². The van der Waals surface area contributed by atoms with Crippen LogP contribution in [0.5, 0.6) is 0 Å². The summed E-state index contributed by atoms with van der Waals surface area (Å²) in [6.07, 6.45) is 1.13. The average Bonchev–Trinajstić information content (AvgIpc) is 3.25. The molecule has 1 aromatic carbocycles. The molecule has 0 saturated heterocycles. The number of carbonyl (C=O) groups excluding carboxylic acids is 1. The summed E-state index contributed by atoms with van der Waals surface area (Å²) in [7, 11) is 1.45. The Bertz CT molecular complexity index is 499. The molecule has 2 atom stereocenters. The lowest BCUT2D eigenvalue weighted by molar-refractivity contribution is 0.136. The minimum Gasteiger partial charge on any atom is -0.387 e. The molecule has 0 radical (unpaired) electrons. The first-order valence-electron chi connectivity index (χ1n) is 6.35. The van der Waals surface area contributed by atoms with E-state index in [1.54, 1.807) is 6.07 Å². The van der Waals surface area contributed by atoms with Gasteiger partial charge in [-0.3, -0.25) is 0 Å². The third-order valence-corrected chi connectivity index (χ3v) is 4.25. The Morgan fingerprint density at radius 1 is 1.55 bits per heavy atom. The molecule has 1 aromatic rings. The number of halogens is 2. The van der Waals surface area contributed by atoms with Crippen LogP contribution < -0.4 is 16.4 Å². The minimum atomic E-state index is -0.889. The Hall–Kier alpha value is -0.930. The fourth-order valence-electron chi connectivity index (χ4n) is 2.02. The second kappa shape index (κ2) is 6.23. The Kier molecular flexibility index (Phi) is 4.82. The summed E-state index contributed by atoms with van der Waals surface area (Å²) in [6.45, 7) is 0. The molecule has 5 N–H and O–H groups in total. The maximum atomic E-state index is 14.0. The number of benzene rings is 1. The molecule has 5 nitrogen and oxygen atoms in total. The highest BCUT2D eigenvalue weighted by molar-refractivity contribution is 14.1. The number of amides is 2. The summed E-state index contributed by atoms with van der Waals surface area (Å²) in [5.74, 6) is -0.271. The van der Waals surface area contributed by atoms with Gasteiger partial charge in [-0.25, -0.2) is 9.18 Å². The summed E-state index contributed by atoms with van der Waals surface area (Å²) in [5.41, 5.74) is 6.48. The van der Waals surface area contributed by atoms with Gasteiger partial charge in [0.05, 0.1) is 11.8 Å². The Morgan fingerprint density at radius 3 is 2.70 bits per heavy atom. The van der Waals surface area contributed by atoms with Gasteiger partial charge in [0.15, 0.2) is 0 Å². The number of anilines is 1. The topological polar surface area (TPSA) is 87.4 Å². The second-order valence-electron chi connectivity index (χ2n) is 4.92. The van der Waals surface area contributed by atoms with Crippen molar-refractivity contribution in [3.8, 4) is 0 Å². The van der Waals surface area contributed by atoms with Crippen molar-refractivity contribution < 1.29 is 14.3 Å². The van der Waals surface area contributed by atoms with Gasteiger partial charge in [-0.15, -0.1) is 0 Å². The molecule has 110 valence electrons. The first-order valence-corrected chi connectivity index (χ1v) is 7.43. The van der Waals surface area contributed by atoms with Gasteiger partial charge >= 0.3 is 6.03 Å². The number of hydrogen-bond acceptors (Lipinski definition) is 3. The predicted octanol–water partition coefficient (Wildman–Crippen LogP) is 1.95. The van der Waals surface area contributed by atoms with Crippen molar-refractivity contribution in [2.24, 2.45) is 11.7 Å². The lowest BCUT2D eigenvalue weighted by Gasteiger charge is -2.20. The predicted molar refractivity (Wildman–Crippen MR) is 82.9 cm³/mol. The minimum absolute atomic E-state index is 0.0980. The third-order valence-electron chi connectivity index (χ3n) is 3.40. The van der Waals surface area contributed by atoms with E-state index in [0.717, 1.165) is 12.8 Å². The summed E-state index contributed by atoms with van der Waals surface area (Å²) in [5, 5.41) is 14.9. The lowest BCUT2D eigenvalue weighted by Crippen LogP contribution is -2.30. The molecule has 1 fully saturated rings. The summed E-state index contributed by atoms with van der Waals surface area (Å²) in [4.78, 5) is 11.2. The maximum Gasteiger partial charge on any atom is 0.319 e. The zero-order chi connectivity index (χ0) is 14.9. The Labute approximate surface area is 130 Å². The van der Waals surface area contributed by atoms with E-state index in [4.69, 9.17) is 5.73 Å². The van der Waals surface area contributed by atoms with Crippen molar-refractivity contribution in [3.63, 3.8) is 0 Å². The summed E-state index contributed by atoms with van der Waals surface area (Å²) < 4.78 is 14.6. The Morgan fingerprint density at radius 2 is 2.20 bits per heavy atom. The highest BCUT2D eigenvalue weighted by atomic mass is 127. The number of nitrogens with one attached hydrogen (secondary N) is 2. The first-order chi connectivity index (χ1) is 9.43. The molecule has 0 spiro atoms. The van der Waals surface area contributed by atoms with Gasteiger partial charge in [-0.05, 0) is 59.0 Å². The van der Waals surface area contributed by atoms with E-state index in [9.17, 15) is 14.3 Å². The van der Waals surface area contributed by atoms with Crippen LogP contribution in [0.1, 0.15) is 24.5 Å². The molecule has 2 rings (SSSR count). The van der Waals surface area contributed by atoms with Gasteiger partial charge in [0, 0.05) is 16.7 Å². The second-order valence-corrected chi connectivity index (χ2v) is 6.09. The van der Waals surface area contributed by atoms with E-state index in [1.807, 2.05) is 22.6 Å². The number of hydrogen-bond donors (Lipinski definition) is 4. The quantitative estimate of drug-likeness (QED) is 0.590. The zero-order valence-corrected chi connectivity index (χ0v) is 13.1. The third kappa shape index (κ3) is 3.39. The van der Waals surface area contributed by atoms with Gasteiger partial charge in [0.1, 0.15) is 5.82 Å². The van der Waals surface area contributed by atoms with E-state index in [2.05, 4.69) is 10.6 Å². The van der Waals surface area contributed by atoms with Gasteiger partial charge in [-0.1, -0.05) is 0 Å². The molecule has 0 heterocycles. The van der Waals surface area contributed by atoms with E-state index < -0.39 is 18.0 Å². The molecular weight excluding hydrogens is 376 g/mol. The van der Waals surface area contributed by atoms with Crippen LogP contribution in [-0.4, -0.2) is 24.2 Å². The number of aliphatic hydroxyl groups excluding tert-OH is 1. The van der Waals surface area contributed by atoms with Gasteiger partial charge < -0.3 is 21.5 Å². The van der Waals surface area contributed by atoms with Crippen LogP contribution in [0.3, 0.4) is 0 Å². The smallest absolute Gasteiger partial charge is 0.319 e. The largest absolute Gasteiger partial charge is 0.387 e. The van der Waals surface area contributed by atoms with E-state index >= 15 is 0 Å². The number of aliphatic hydroxyl groups is 1. The van der Waals surface area contributed by atoms with Crippen LogP contribution in [0.4, 0.5) is 14.9 Å². The molecular formula is C13H17FIN3O2. The molecule has 1 aliphatic rings. The van der Waals surface area contributed by atoms with Crippen LogP contribution >= 0.6 is 22.6 Å². The maximum absolute atomic E-state index is 14.0. The van der Waals surface area contributed by atoms with Crippen LogP contribution in [0.15, 0.2) is 12.1 Å². The number of nitrogens with two attached hydrogens (primary N) is 1. The lowest BCUT2D eigenvalue weighted by atomic mass is 9.99. The molecule has 0 aliphatic heterocycles. The van der Waals surface area contributed by atoms with Crippen molar-refractivity contribution in [1.29, 1.82) is 0 Å². The van der Waals surface area contributed by atoms with Crippen LogP contribution in [0.25, 0.3) is 0 Å². The van der Waals surface area contributed by atoms with Crippen LogP contribution in [-0.2, 0) is 0 Å². The number of urea groups is 1. The molecule has 7 heteroatoms. The molecule has 0 bridgehead atoms. The normalized spacial score (nSPS) is 17.4. The highest BCUT2D eigenvalue weighted by Crippen LogP contribution is 2.37. The standard InChI is InChI=1S/C13H17FIN3O2/c1-17-13(20)18-11-8(14)4-7(5-9(11)15)12(19)10(16)6-2-3-6/h4-6,10,12,19H,2-3,16H2,1H3,(H2,17,18,20). The van der Waals surface area contributed by atoms with E-state index in [0.29, 0.717) is 15.1 Å². The molecule has 1 aliphatic carbocycles. The molecule has 1 saturated carbocycles. The van der Waals surface area contributed by atoms with Crippen molar-refractivity contribution >= 4 is 34.3 Å². The SMILES string of the molecule is CNC(=O)Nc1c(F)cc(C(O)C(N)C2CC2)cc1I. The molecule has 0 aromatic heterocycles. The zero-order valence-electron chi connectivity index (χ0n) is 11.0. The van der Waals surface area contributed by atoms with Crippen molar-refractivity contribution in [3.05, 3.63) is 27.1 Å².